The van der Waals surface area contributed by atoms with Crippen LogP contribution in [0.2, 0.25) is 0 Å². The van der Waals surface area contributed by atoms with Crippen molar-refractivity contribution in [2.45, 2.75) is 0 Å². The van der Waals surface area contributed by atoms with E-state index in [4.69, 9.17) is 0 Å². The zero-order chi connectivity index (χ0) is 16.2. The van der Waals surface area contributed by atoms with E-state index in [1.165, 1.54) is 24.3 Å². The van der Waals surface area contributed by atoms with Crippen molar-refractivity contribution in [1.82, 2.24) is 0 Å². The van der Waals surface area contributed by atoms with Crippen LogP contribution >= 0.6 is 7.80 Å². The zero-order valence-corrected chi connectivity index (χ0v) is 13.0. The molecule has 3 rings (SSSR count). The minimum atomic E-state index is -1.67. The maximum absolute atomic E-state index is 12.9. The summed E-state index contributed by atoms with van der Waals surface area (Å²) in [6.45, 7) is 0. The molecule has 0 heterocycles. The Morgan fingerprint density at radius 3 is 1.74 bits per heavy atom. The van der Waals surface area contributed by atoms with E-state index in [1.807, 2.05) is 30.3 Å². The summed E-state index contributed by atoms with van der Waals surface area (Å²) in [7, 11) is -1.67. The molecule has 0 aliphatic rings. The van der Waals surface area contributed by atoms with Gasteiger partial charge in [0.1, 0.15) is 5.82 Å². The Labute approximate surface area is 134 Å². The van der Waals surface area contributed by atoms with Crippen LogP contribution in [0.1, 0.15) is 15.9 Å². The van der Waals surface area contributed by atoms with Gasteiger partial charge in [-0.1, -0.05) is 22.8 Å². The second-order valence-corrected chi connectivity index (χ2v) is 6.63. The molecule has 0 saturated carbocycles. The summed E-state index contributed by atoms with van der Waals surface area (Å²) in [5.41, 5.74) is 0.906. The highest BCUT2D eigenvalue weighted by Gasteiger charge is 2.23. The molecule has 0 radical (unpaired) electrons. The SMILES string of the molecule is O=C(c1ccc(F)cc1)c1ccc([P+](=O)c2ccccc2)cc1. The lowest BCUT2D eigenvalue weighted by Gasteiger charge is -2.00. The molecule has 3 aromatic carbocycles. The summed E-state index contributed by atoms with van der Waals surface area (Å²) in [4.78, 5) is 12.3. The molecule has 0 aromatic heterocycles. The van der Waals surface area contributed by atoms with Gasteiger partial charge in [-0.15, -0.1) is 0 Å². The summed E-state index contributed by atoms with van der Waals surface area (Å²) in [5, 5.41) is 1.42. The van der Waals surface area contributed by atoms with E-state index in [0.717, 1.165) is 5.30 Å². The number of carbonyl (C=O) groups excluding carboxylic acids is 1. The van der Waals surface area contributed by atoms with Crippen LogP contribution in [0.5, 0.6) is 0 Å². The van der Waals surface area contributed by atoms with Crippen LogP contribution in [0, 0.1) is 5.82 Å². The van der Waals surface area contributed by atoms with Gasteiger partial charge in [-0.05, 0) is 60.7 Å². The molecule has 2 nitrogen and oxygen atoms in total. The van der Waals surface area contributed by atoms with Gasteiger partial charge in [-0.2, -0.15) is 0 Å². The fraction of sp³-hybridized carbons (Fsp3) is 0. The molecule has 112 valence electrons. The normalized spacial score (nSPS) is 11.1. The monoisotopic (exact) mass is 323 g/mol. The van der Waals surface area contributed by atoms with Gasteiger partial charge in [-0.25, -0.2) is 4.39 Å². The van der Waals surface area contributed by atoms with Gasteiger partial charge in [0.15, 0.2) is 16.4 Å². The second kappa shape index (κ2) is 6.64. The largest absolute Gasteiger partial charge is 0.415 e. The summed E-state index contributed by atoms with van der Waals surface area (Å²) in [5.74, 6) is -0.566. The van der Waals surface area contributed by atoms with E-state index in [9.17, 15) is 13.8 Å². The lowest BCUT2D eigenvalue weighted by Crippen LogP contribution is -2.08. The minimum absolute atomic E-state index is 0.188. The van der Waals surface area contributed by atoms with Gasteiger partial charge < -0.3 is 0 Å². The van der Waals surface area contributed by atoms with Crippen LogP contribution in [0.4, 0.5) is 4.39 Å². The van der Waals surface area contributed by atoms with Gasteiger partial charge >= 0.3 is 7.80 Å². The summed E-state index contributed by atoms with van der Waals surface area (Å²) < 4.78 is 25.4. The van der Waals surface area contributed by atoms with Crippen LogP contribution in [0.3, 0.4) is 0 Å². The molecule has 3 aromatic rings. The summed E-state index contributed by atoms with van der Waals surface area (Å²) in [6.07, 6.45) is 0. The number of hydrogen-bond donors (Lipinski definition) is 0. The number of halogens is 1. The average Bonchev–Trinajstić information content (AvgIpc) is 2.62. The van der Waals surface area contributed by atoms with Crippen molar-refractivity contribution in [3.8, 4) is 0 Å². The lowest BCUT2D eigenvalue weighted by atomic mass is 10.0. The molecule has 23 heavy (non-hydrogen) atoms. The number of rotatable bonds is 4. The standard InChI is InChI=1S/C19H13FO2P/c20-16-10-6-14(7-11-16)19(21)15-8-12-18(13-9-15)23(22)17-4-2-1-3-5-17/h1-13H/q+1. The number of ketones is 1. The topological polar surface area (TPSA) is 34.1 Å². The molecule has 0 fully saturated rings. The van der Waals surface area contributed by atoms with Crippen molar-refractivity contribution < 1.29 is 13.8 Å². The highest BCUT2D eigenvalue weighted by Crippen LogP contribution is 2.20. The van der Waals surface area contributed by atoms with Gasteiger partial charge in [0.05, 0.1) is 0 Å². The van der Waals surface area contributed by atoms with E-state index >= 15 is 0 Å². The highest BCUT2D eigenvalue weighted by molar-refractivity contribution is 7.61. The number of hydrogen-bond acceptors (Lipinski definition) is 2. The molecule has 0 spiro atoms. The van der Waals surface area contributed by atoms with Crippen molar-refractivity contribution in [2.24, 2.45) is 0 Å². The van der Waals surface area contributed by atoms with Crippen LogP contribution in [-0.4, -0.2) is 5.78 Å². The predicted octanol–water partition coefficient (Wildman–Crippen LogP) is 3.83. The summed E-state index contributed by atoms with van der Waals surface area (Å²) in [6, 6.07) is 21.3. The predicted molar refractivity (Wildman–Crippen MR) is 89.6 cm³/mol. The van der Waals surface area contributed by atoms with Crippen LogP contribution < -0.4 is 10.6 Å². The maximum Gasteiger partial charge on any atom is 0.415 e. The van der Waals surface area contributed by atoms with E-state index in [0.29, 0.717) is 16.4 Å². The minimum Gasteiger partial charge on any atom is -0.289 e. The maximum atomic E-state index is 12.9. The van der Waals surface area contributed by atoms with Gasteiger partial charge in [0.25, 0.3) is 0 Å². The van der Waals surface area contributed by atoms with Crippen LogP contribution in [0.25, 0.3) is 0 Å². The second-order valence-electron chi connectivity index (χ2n) is 5.01. The first-order valence-electron chi connectivity index (χ1n) is 7.08. The van der Waals surface area contributed by atoms with E-state index in [1.54, 1.807) is 24.3 Å². The molecule has 0 aliphatic heterocycles. The Kier molecular flexibility index (Phi) is 4.40. The molecule has 0 amide bonds. The molecule has 0 N–H and O–H groups in total. The first-order valence-corrected chi connectivity index (χ1v) is 8.34. The number of carbonyl (C=O) groups is 1. The Morgan fingerprint density at radius 1 is 0.696 bits per heavy atom. The molecule has 0 saturated heterocycles. The fourth-order valence-electron chi connectivity index (χ4n) is 2.23. The van der Waals surface area contributed by atoms with E-state index < -0.39 is 7.80 Å². The highest BCUT2D eigenvalue weighted by atomic mass is 31.1. The van der Waals surface area contributed by atoms with Crippen molar-refractivity contribution in [3.05, 3.63) is 95.8 Å². The zero-order valence-electron chi connectivity index (χ0n) is 12.1. The molecule has 1 unspecified atom stereocenters. The Bertz CT molecular complexity index is 841. The third-order valence-electron chi connectivity index (χ3n) is 3.46. The first kappa shape index (κ1) is 15.3. The quantitative estimate of drug-likeness (QED) is 0.540. The van der Waals surface area contributed by atoms with Crippen LogP contribution in [0.15, 0.2) is 78.9 Å². The third-order valence-corrected chi connectivity index (χ3v) is 5.00. The first-order chi connectivity index (χ1) is 11.1. The van der Waals surface area contributed by atoms with Crippen molar-refractivity contribution in [2.75, 3.05) is 0 Å². The Hall–Kier alpha value is -2.64. The van der Waals surface area contributed by atoms with Gasteiger partial charge in [0, 0.05) is 11.1 Å². The molecular formula is C19H13FO2P+. The van der Waals surface area contributed by atoms with E-state index in [-0.39, 0.29) is 11.6 Å². The van der Waals surface area contributed by atoms with Crippen molar-refractivity contribution in [3.63, 3.8) is 0 Å². The Morgan fingerprint density at radius 2 is 1.17 bits per heavy atom. The molecular weight excluding hydrogens is 310 g/mol. The van der Waals surface area contributed by atoms with Gasteiger partial charge in [0.2, 0.25) is 0 Å². The third kappa shape index (κ3) is 3.41. The van der Waals surface area contributed by atoms with Gasteiger partial charge in [-0.3, -0.25) is 4.79 Å². The smallest absolute Gasteiger partial charge is 0.289 e. The summed E-state index contributed by atoms with van der Waals surface area (Å²) >= 11 is 0. The Balaban J connectivity index is 1.83. The molecule has 0 aliphatic carbocycles. The van der Waals surface area contributed by atoms with Crippen molar-refractivity contribution >= 4 is 24.2 Å². The van der Waals surface area contributed by atoms with Crippen molar-refractivity contribution in [1.29, 1.82) is 0 Å². The average molecular weight is 323 g/mol. The van der Waals surface area contributed by atoms with E-state index in [2.05, 4.69) is 0 Å². The fourth-order valence-corrected chi connectivity index (χ4v) is 3.39. The molecule has 1 atom stereocenters. The lowest BCUT2D eigenvalue weighted by molar-refractivity contribution is 0.103. The van der Waals surface area contributed by atoms with Crippen LogP contribution in [-0.2, 0) is 4.57 Å². The molecule has 4 heteroatoms. The number of benzene rings is 3. The molecule has 0 bridgehead atoms.